The lowest BCUT2D eigenvalue weighted by molar-refractivity contribution is -0.0640. The number of nitrogens with one attached hydrogen (secondary N) is 1. The van der Waals surface area contributed by atoms with E-state index in [4.69, 9.17) is 33.3 Å². The minimum absolute atomic E-state index is 0.00271. The van der Waals surface area contributed by atoms with Crippen molar-refractivity contribution >= 4 is 43.9 Å². The van der Waals surface area contributed by atoms with Crippen molar-refractivity contribution in [1.29, 1.82) is 0 Å². The largest absolute Gasteiger partial charge is 0.472 e. The van der Waals surface area contributed by atoms with Crippen molar-refractivity contribution in [2.24, 2.45) is 0 Å². The fraction of sp³-hybridized carbons (Fsp3) is 0.526. The van der Waals surface area contributed by atoms with Gasteiger partial charge in [-0.15, -0.1) is 0 Å². The van der Waals surface area contributed by atoms with E-state index in [1.54, 1.807) is 0 Å². The van der Waals surface area contributed by atoms with Gasteiger partial charge in [0.1, 0.15) is 36.3 Å². The second-order valence-electron chi connectivity index (χ2n) is 9.29. The number of phosphoric ester groups is 1. The summed E-state index contributed by atoms with van der Waals surface area (Å²) in [5, 5.41) is 0. The van der Waals surface area contributed by atoms with Crippen LogP contribution in [0.5, 0.6) is 0 Å². The molecule has 2 bridgehead atoms. The summed E-state index contributed by atoms with van der Waals surface area (Å²) in [5.74, 6) is -0.00271. The fourth-order valence-corrected chi connectivity index (χ4v) is 7.14. The summed E-state index contributed by atoms with van der Waals surface area (Å²) in [6.07, 6.45) is -11.3. The Morgan fingerprint density at radius 1 is 1.00 bits per heavy atom. The van der Waals surface area contributed by atoms with E-state index in [1.165, 1.54) is 10.9 Å². The maximum atomic E-state index is 15.6. The first kappa shape index (κ1) is 29.5. The molecule has 6 rings (SSSR count). The molecule has 0 saturated carbocycles. The van der Waals surface area contributed by atoms with Gasteiger partial charge in [-0.3, -0.25) is 37.0 Å². The number of imidazole rings is 1. The summed E-state index contributed by atoms with van der Waals surface area (Å²) in [6, 6.07) is 0.926. The molecule has 0 aliphatic carbocycles. The molecule has 3 fully saturated rings. The number of nitrogen functional groups attached to an aromatic ring is 1. The number of aromatic amines is 1. The van der Waals surface area contributed by atoms with E-state index in [1.807, 2.05) is 4.98 Å². The van der Waals surface area contributed by atoms with Gasteiger partial charge < -0.3 is 20.1 Å². The second-order valence-corrected chi connectivity index (χ2v) is 13.6. The van der Waals surface area contributed by atoms with Gasteiger partial charge in [-0.25, -0.2) is 37.7 Å². The predicted octanol–water partition coefficient (Wildman–Crippen LogP) is 0.385. The molecular formula is C19H21F2N7O11P2S. The van der Waals surface area contributed by atoms with Crippen molar-refractivity contribution in [1.82, 2.24) is 29.1 Å². The molecule has 10 atom stereocenters. The Labute approximate surface area is 237 Å². The minimum atomic E-state index is -5.17. The summed E-state index contributed by atoms with van der Waals surface area (Å²) in [5.41, 5.74) is 4.20. The number of nitrogens with zero attached hydrogens (tertiary/aromatic N) is 5. The monoisotopic (exact) mass is 655 g/mol. The third kappa shape index (κ3) is 5.45. The van der Waals surface area contributed by atoms with Gasteiger partial charge in [0.15, 0.2) is 36.3 Å². The van der Waals surface area contributed by atoms with Gasteiger partial charge in [-0.1, -0.05) is 12.2 Å². The van der Waals surface area contributed by atoms with E-state index in [9.17, 15) is 23.6 Å². The molecule has 3 aromatic heterocycles. The van der Waals surface area contributed by atoms with E-state index >= 15 is 8.78 Å². The minimum Gasteiger partial charge on any atom is -0.382 e. The number of hydrogen-bond acceptors (Lipinski definition) is 14. The summed E-state index contributed by atoms with van der Waals surface area (Å²) >= 11 is 3.85. The Morgan fingerprint density at radius 2 is 1.74 bits per heavy atom. The molecule has 18 nitrogen and oxygen atoms in total. The number of halogens is 2. The molecule has 228 valence electrons. The standard InChI is InChI=1S/C19H21F2N7O11P2S/c20-10-7-3-35-41(33,42)39-13-8(37-17(11(13)21)27-2-1-9(29)26-19(27)30)4-34-40(31,32)38-14(10)18(36-7)28-6-25-12-15(22)23-5-24-16(12)28/h1-2,5-8,10-11,13-14,17-18H,3-4H2,(H,31,32)(H,33,42)(H2,22,23,24)(H,26,29,30)/t7-,8-,10-,11-,13-,14-,17-,18-,41-/m1/s1. The first-order valence-corrected chi connectivity index (χ1v) is 16.2. The van der Waals surface area contributed by atoms with Gasteiger partial charge >= 0.3 is 20.3 Å². The molecule has 3 aromatic rings. The Morgan fingerprint density at radius 3 is 2.50 bits per heavy atom. The molecule has 23 heteroatoms. The molecular weight excluding hydrogens is 634 g/mol. The number of ether oxygens (including phenoxy) is 2. The highest BCUT2D eigenvalue weighted by Crippen LogP contribution is 2.58. The zero-order valence-corrected chi connectivity index (χ0v) is 23.5. The highest BCUT2D eigenvalue weighted by molar-refractivity contribution is 8.44. The number of rotatable bonds is 2. The molecule has 3 aliphatic heterocycles. The molecule has 4 N–H and O–H groups in total. The predicted molar refractivity (Wildman–Crippen MR) is 137 cm³/mol. The number of phosphoric acid groups is 1. The quantitative estimate of drug-likeness (QED) is 0.216. The molecule has 0 spiro atoms. The normalized spacial score (nSPS) is 39.3. The number of fused-ring (bicyclic) bond motifs is 4. The van der Waals surface area contributed by atoms with Crippen LogP contribution in [0.15, 0.2) is 34.5 Å². The van der Waals surface area contributed by atoms with Crippen LogP contribution in [0, 0.1) is 0 Å². The van der Waals surface area contributed by atoms with Gasteiger partial charge in [-0.05, 0) is 0 Å². The average molecular weight is 655 g/mol. The topological polar surface area (TPSA) is 234 Å². The van der Waals surface area contributed by atoms with E-state index in [-0.39, 0.29) is 17.0 Å². The molecule has 1 unspecified atom stereocenters. The number of aromatic nitrogens is 6. The van der Waals surface area contributed by atoms with E-state index < -0.39 is 88.3 Å². The van der Waals surface area contributed by atoms with E-state index in [2.05, 4.69) is 27.2 Å². The lowest BCUT2D eigenvalue weighted by Gasteiger charge is -2.25. The maximum Gasteiger partial charge on any atom is 0.472 e. The number of hydrogen-bond donors (Lipinski definition) is 4. The SMILES string of the molecule is Nc1ncnc2c1ncn2[C@@H]1O[C@@H]2CO[P@@](=O)(S)O[C@H]3[C@@H](F)[C@H](n4ccc(=O)[nH]c4=O)O[C@@H]3COP(=O)(O)O[C@@H]1[C@@H]2F. The summed E-state index contributed by atoms with van der Waals surface area (Å²) in [6.45, 7) is -6.24. The molecule has 3 aliphatic rings. The first-order chi connectivity index (χ1) is 19.8. The summed E-state index contributed by atoms with van der Waals surface area (Å²) in [7, 11) is -5.17. The lowest BCUT2D eigenvalue weighted by atomic mass is 10.1. The van der Waals surface area contributed by atoms with E-state index in [0.717, 1.165) is 18.6 Å². The number of thiol groups is 1. The van der Waals surface area contributed by atoms with Crippen LogP contribution in [-0.2, 0) is 36.7 Å². The van der Waals surface area contributed by atoms with Gasteiger partial charge in [0.05, 0.1) is 19.5 Å². The van der Waals surface area contributed by atoms with Crippen molar-refractivity contribution in [2.45, 2.75) is 49.2 Å². The molecule has 42 heavy (non-hydrogen) atoms. The highest BCUT2D eigenvalue weighted by Gasteiger charge is 2.54. The van der Waals surface area contributed by atoms with Crippen molar-refractivity contribution in [3.05, 3.63) is 45.8 Å². The van der Waals surface area contributed by atoms with Gasteiger partial charge in [-0.2, -0.15) is 0 Å². The Bertz CT molecular complexity index is 1730. The zero-order chi connectivity index (χ0) is 30.0. The van der Waals surface area contributed by atoms with Gasteiger partial charge in [0, 0.05) is 12.3 Å². The molecule has 3 saturated heterocycles. The maximum absolute atomic E-state index is 15.6. The number of alkyl halides is 2. The zero-order valence-electron chi connectivity index (χ0n) is 20.8. The van der Waals surface area contributed by atoms with Crippen molar-refractivity contribution in [3.63, 3.8) is 0 Å². The Kier molecular flexibility index (Phi) is 7.62. The lowest BCUT2D eigenvalue weighted by Crippen LogP contribution is -2.36. The van der Waals surface area contributed by atoms with Crippen LogP contribution in [0.3, 0.4) is 0 Å². The van der Waals surface area contributed by atoms with Gasteiger partial charge in [0.2, 0.25) is 0 Å². The van der Waals surface area contributed by atoms with Gasteiger partial charge in [0.25, 0.3) is 5.56 Å². The van der Waals surface area contributed by atoms with Crippen LogP contribution < -0.4 is 17.0 Å². The number of anilines is 1. The summed E-state index contributed by atoms with van der Waals surface area (Å²) in [4.78, 5) is 48.0. The highest BCUT2D eigenvalue weighted by atomic mass is 32.7. The van der Waals surface area contributed by atoms with E-state index in [0.29, 0.717) is 4.57 Å². The second kappa shape index (κ2) is 10.8. The third-order valence-corrected chi connectivity index (χ3v) is 9.23. The third-order valence-electron chi connectivity index (χ3n) is 6.63. The molecule has 0 aromatic carbocycles. The smallest absolute Gasteiger partial charge is 0.382 e. The van der Waals surface area contributed by atoms with Crippen molar-refractivity contribution in [3.8, 4) is 0 Å². The first-order valence-electron chi connectivity index (χ1n) is 12.0. The fourth-order valence-electron chi connectivity index (χ4n) is 4.73. The van der Waals surface area contributed by atoms with Crippen LogP contribution >= 0.6 is 26.9 Å². The van der Waals surface area contributed by atoms with Crippen molar-refractivity contribution < 1.29 is 50.4 Å². The molecule has 6 heterocycles. The molecule has 0 amide bonds. The van der Waals surface area contributed by atoms with Crippen LogP contribution in [0.4, 0.5) is 14.6 Å². The Balaban J connectivity index is 1.32. The van der Waals surface area contributed by atoms with Crippen molar-refractivity contribution in [2.75, 3.05) is 18.9 Å². The Hall–Kier alpha value is -2.58. The van der Waals surface area contributed by atoms with Crippen LogP contribution in [0.1, 0.15) is 12.5 Å². The summed E-state index contributed by atoms with van der Waals surface area (Å²) < 4.78 is 91.0. The molecule has 0 radical (unpaired) electrons. The van der Waals surface area contributed by atoms with Crippen LogP contribution in [0.2, 0.25) is 0 Å². The number of H-pyrrole nitrogens is 1. The van der Waals surface area contributed by atoms with Crippen LogP contribution in [0.25, 0.3) is 11.2 Å². The number of nitrogens with two attached hydrogens (primary N) is 1. The van der Waals surface area contributed by atoms with Crippen LogP contribution in [-0.4, -0.2) is 83.9 Å². The average Bonchev–Trinajstić information content (AvgIpc) is 3.57.